The molecule has 2 heterocycles. The molecule has 0 radical (unpaired) electrons. The van der Waals surface area contributed by atoms with Gasteiger partial charge in [-0.2, -0.15) is 0 Å². The fourth-order valence-corrected chi connectivity index (χ4v) is 4.01. The van der Waals surface area contributed by atoms with E-state index in [4.69, 9.17) is 4.74 Å². The van der Waals surface area contributed by atoms with E-state index < -0.39 is 11.7 Å². The van der Waals surface area contributed by atoms with Crippen LogP contribution in [0.1, 0.15) is 43.8 Å². The molecule has 1 aromatic rings. The maximum absolute atomic E-state index is 13.2. The van der Waals surface area contributed by atoms with Gasteiger partial charge in [-0.15, -0.1) is 12.4 Å². The Kier molecular flexibility index (Phi) is 7.25. The Morgan fingerprint density at radius 1 is 1.36 bits per heavy atom. The predicted molar refractivity (Wildman–Crippen MR) is 99.8 cm³/mol. The van der Waals surface area contributed by atoms with E-state index >= 15 is 0 Å². The number of amides is 1. The third kappa shape index (κ3) is 4.34. The summed E-state index contributed by atoms with van der Waals surface area (Å²) in [5, 5.41) is 13.8. The molecule has 2 saturated heterocycles. The molecule has 5 nitrogen and oxygen atoms in total. The van der Waals surface area contributed by atoms with Crippen LogP contribution in [0.2, 0.25) is 0 Å². The number of likely N-dealkylation sites (tertiary alicyclic amines) is 1. The fourth-order valence-electron chi connectivity index (χ4n) is 4.01. The lowest BCUT2D eigenvalue weighted by Crippen LogP contribution is -2.56. The highest BCUT2D eigenvalue weighted by Crippen LogP contribution is 2.32. The Morgan fingerprint density at radius 2 is 2.04 bits per heavy atom. The van der Waals surface area contributed by atoms with E-state index in [1.807, 2.05) is 35.2 Å². The highest BCUT2D eigenvalue weighted by atomic mass is 35.5. The number of aliphatic hydroxyl groups excluding tert-OH is 1. The Balaban J connectivity index is 0.00000225. The number of carbonyl (C=O) groups excluding carboxylic acids is 1. The van der Waals surface area contributed by atoms with Crippen LogP contribution in [-0.4, -0.2) is 54.3 Å². The first-order valence-corrected chi connectivity index (χ1v) is 8.96. The van der Waals surface area contributed by atoms with Gasteiger partial charge in [0.05, 0.1) is 6.10 Å². The van der Waals surface area contributed by atoms with E-state index in [0.717, 1.165) is 38.0 Å². The van der Waals surface area contributed by atoms with Crippen LogP contribution < -0.4 is 5.32 Å². The van der Waals surface area contributed by atoms with Gasteiger partial charge < -0.3 is 20.1 Å². The third-order valence-corrected chi connectivity index (χ3v) is 5.51. The number of rotatable bonds is 5. The van der Waals surface area contributed by atoms with Gasteiger partial charge in [-0.1, -0.05) is 30.3 Å². The number of hydrogen-bond donors (Lipinski definition) is 2. The number of piperidine rings is 1. The van der Waals surface area contributed by atoms with Gasteiger partial charge in [0, 0.05) is 19.7 Å². The number of hydrogen-bond acceptors (Lipinski definition) is 4. The Morgan fingerprint density at radius 3 is 2.68 bits per heavy atom. The zero-order valence-electron chi connectivity index (χ0n) is 14.8. The minimum Gasteiger partial charge on any atom is -0.388 e. The first-order valence-electron chi connectivity index (χ1n) is 8.96. The van der Waals surface area contributed by atoms with Crippen LogP contribution in [0, 0.1) is 0 Å². The van der Waals surface area contributed by atoms with Crippen LogP contribution in [0.5, 0.6) is 0 Å². The maximum atomic E-state index is 13.2. The maximum Gasteiger partial charge on any atom is 0.255 e. The van der Waals surface area contributed by atoms with Gasteiger partial charge in [0.2, 0.25) is 0 Å². The average molecular weight is 369 g/mol. The SMILES string of the molecule is COC1(C(=O)N2CCCC2CC(O)c2ccccc2)CCNCC1.Cl. The van der Waals surface area contributed by atoms with Crippen molar-refractivity contribution in [1.29, 1.82) is 0 Å². The third-order valence-electron chi connectivity index (χ3n) is 5.51. The molecular formula is C19H29ClN2O3. The minimum atomic E-state index is -0.689. The van der Waals surface area contributed by atoms with E-state index in [0.29, 0.717) is 19.3 Å². The molecule has 0 bridgehead atoms. The van der Waals surface area contributed by atoms with Gasteiger partial charge in [0.25, 0.3) is 5.91 Å². The molecule has 6 heteroatoms. The van der Waals surface area contributed by atoms with E-state index in [-0.39, 0.29) is 24.4 Å². The second-order valence-electron chi connectivity index (χ2n) is 6.91. The summed E-state index contributed by atoms with van der Waals surface area (Å²) in [6.45, 7) is 2.39. The number of methoxy groups -OCH3 is 1. The molecule has 140 valence electrons. The second kappa shape index (κ2) is 8.99. The number of ether oxygens (including phenoxy) is 1. The summed E-state index contributed by atoms with van der Waals surface area (Å²) in [6.07, 6.45) is 3.44. The van der Waals surface area contributed by atoms with Crippen molar-refractivity contribution in [3.63, 3.8) is 0 Å². The summed E-state index contributed by atoms with van der Waals surface area (Å²) in [5.74, 6) is 0.106. The average Bonchev–Trinajstić information content (AvgIpc) is 3.10. The number of nitrogens with one attached hydrogen (secondary N) is 1. The molecule has 3 rings (SSSR count). The van der Waals surface area contributed by atoms with Gasteiger partial charge in [-0.05, 0) is 50.8 Å². The van der Waals surface area contributed by atoms with Crippen molar-refractivity contribution in [1.82, 2.24) is 10.2 Å². The van der Waals surface area contributed by atoms with Crippen molar-refractivity contribution >= 4 is 18.3 Å². The van der Waals surface area contributed by atoms with Crippen LogP contribution >= 0.6 is 12.4 Å². The lowest BCUT2D eigenvalue weighted by molar-refractivity contribution is -0.159. The molecule has 0 aliphatic carbocycles. The number of benzene rings is 1. The van der Waals surface area contributed by atoms with Crippen LogP contribution in [0.15, 0.2) is 30.3 Å². The van der Waals surface area contributed by atoms with Crippen molar-refractivity contribution in [2.45, 2.75) is 49.9 Å². The summed E-state index contributed by atoms with van der Waals surface area (Å²) >= 11 is 0. The van der Waals surface area contributed by atoms with Crippen LogP contribution in [0.4, 0.5) is 0 Å². The molecule has 0 spiro atoms. The standard InChI is InChI=1S/C19H28N2O3.ClH/c1-24-19(9-11-20-12-10-19)18(23)21-13-5-8-16(21)14-17(22)15-6-3-2-4-7-15;/h2-4,6-7,16-17,20,22H,5,8-14H2,1H3;1H. The molecule has 2 aliphatic heterocycles. The van der Waals surface area contributed by atoms with Crippen molar-refractivity contribution in [2.75, 3.05) is 26.7 Å². The van der Waals surface area contributed by atoms with Crippen molar-refractivity contribution in [2.24, 2.45) is 0 Å². The fraction of sp³-hybridized carbons (Fsp3) is 0.632. The first-order chi connectivity index (χ1) is 11.7. The van der Waals surface area contributed by atoms with Crippen molar-refractivity contribution in [3.8, 4) is 0 Å². The van der Waals surface area contributed by atoms with Crippen LogP contribution in [0.25, 0.3) is 0 Å². The van der Waals surface area contributed by atoms with E-state index in [9.17, 15) is 9.90 Å². The first kappa shape index (κ1) is 20.2. The summed E-state index contributed by atoms with van der Waals surface area (Å²) in [4.78, 5) is 15.1. The molecule has 25 heavy (non-hydrogen) atoms. The molecule has 2 fully saturated rings. The smallest absolute Gasteiger partial charge is 0.255 e. The summed E-state index contributed by atoms with van der Waals surface area (Å²) in [7, 11) is 1.65. The lowest BCUT2D eigenvalue weighted by Gasteiger charge is -2.39. The van der Waals surface area contributed by atoms with Gasteiger partial charge >= 0.3 is 0 Å². The quantitative estimate of drug-likeness (QED) is 0.837. The molecule has 1 aromatic carbocycles. The number of aliphatic hydroxyl groups is 1. The van der Waals surface area contributed by atoms with Gasteiger partial charge in [0.1, 0.15) is 5.60 Å². The monoisotopic (exact) mass is 368 g/mol. The summed E-state index contributed by atoms with van der Waals surface area (Å²) < 4.78 is 5.70. The minimum absolute atomic E-state index is 0. The summed E-state index contributed by atoms with van der Waals surface area (Å²) in [6, 6.07) is 9.79. The summed E-state index contributed by atoms with van der Waals surface area (Å²) in [5.41, 5.74) is 0.228. The van der Waals surface area contributed by atoms with Crippen LogP contribution in [0.3, 0.4) is 0 Å². The number of halogens is 1. The molecule has 2 aliphatic rings. The van der Waals surface area contributed by atoms with E-state index in [2.05, 4.69) is 5.32 Å². The van der Waals surface area contributed by atoms with Crippen molar-refractivity contribution < 1.29 is 14.6 Å². The molecule has 2 unspecified atom stereocenters. The molecule has 2 N–H and O–H groups in total. The highest BCUT2D eigenvalue weighted by Gasteiger charge is 2.45. The highest BCUT2D eigenvalue weighted by molar-refractivity contribution is 5.86. The van der Waals surface area contributed by atoms with Crippen molar-refractivity contribution in [3.05, 3.63) is 35.9 Å². The molecule has 0 aromatic heterocycles. The molecule has 2 atom stereocenters. The predicted octanol–water partition coefficient (Wildman–Crippen LogP) is 2.29. The zero-order valence-corrected chi connectivity index (χ0v) is 15.6. The normalized spacial score (nSPS) is 23.8. The Bertz CT molecular complexity index is 549. The molecular weight excluding hydrogens is 340 g/mol. The van der Waals surface area contributed by atoms with Gasteiger partial charge in [0.15, 0.2) is 0 Å². The Hall–Kier alpha value is -1.14. The second-order valence-corrected chi connectivity index (χ2v) is 6.91. The van der Waals surface area contributed by atoms with E-state index in [1.54, 1.807) is 7.11 Å². The van der Waals surface area contributed by atoms with Gasteiger partial charge in [-0.25, -0.2) is 0 Å². The zero-order chi connectivity index (χ0) is 17.0. The number of nitrogens with zero attached hydrogens (tertiary/aromatic N) is 1. The lowest BCUT2D eigenvalue weighted by atomic mass is 9.89. The largest absolute Gasteiger partial charge is 0.388 e. The van der Waals surface area contributed by atoms with Crippen LogP contribution in [-0.2, 0) is 9.53 Å². The number of carbonyl (C=O) groups is 1. The van der Waals surface area contributed by atoms with E-state index in [1.165, 1.54) is 0 Å². The molecule has 1 amide bonds. The van der Waals surface area contributed by atoms with Gasteiger partial charge in [-0.3, -0.25) is 4.79 Å². The Labute approximate surface area is 156 Å². The topological polar surface area (TPSA) is 61.8 Å². The molecule has 0 saturated carbocycles.